The van der Waals surface area contributed by atoms with Crippen molar-refractivity contribution in [1.29, 1.82) is 0 Å². The molecule has 6 heteroatoms. The van der Waals surface area contributed by atoms with Crippen molar-refractivity contribution in [2.75, 3.05) is 0 Å². The lowest BCUT2D eigenvalue weighted by atomic mass is 10.1. The van der Waals surface area contributed by atoms with E-state index in [1.54, 1.807) is 0 Å². The van der Waals surface area contributed by atoms with Gasteiger partial charge in [0.15, 0.2) is 0 Å². The largest absolute Gasteiger partial charge is 0.511 e. The van der Waals surface area contributed by atoms with Crippen LogP contribution in [0.3, 0.4) is 0 Å². The first kappa shape index (κ1) is 13.8. The molecule has 0 saturated carbocycles. The van der Waals surface area contributed by atoms with Gasteiger partial charge in [0.2, 0.25) is 0 Å². The number of rotatable bonds is 5. The van der Waals surface area contributed by atoms with Crippen LogP contribution in [-0.4, -0.2) is 22.5 Å². The standard InChI is InChI=1S/C12H14O6/c1-2-3-5-8-9(17-11(13)14)6-4-7-10(8)18-12(15)16/h4,6-7H,2-3,5H2,1H3,(H,13,14)(H,15,16). The Labute approximate surface area is 104 Å². The van der Waals surface area contributed by atoms with E-state index in [0.29, 0.717) is 12.0 Å². The fraction of sp³-hybridized carbons (Fsp3) is 0.333. The third-order valence-corrected chi connectivity index (χ3v) is 2.26. The number of hydrogen-bond donors (Lipinski definition) is 2. The first-order valence-electron chi connectivity index (χ1n) is 5.48. The Hall–Kier alpha value is -2.24. The van der Waals surface area contributed by atoms with Gasteiger partial charge in [-0.25, -0.2) is 9.59 Å². The van der Waals surface area contributed by atoms with Gasteiger partial charge in [-0.2, -0.15) is 0 Å². The first-order chi connectivity index (χ1) is 8.54. The zero-order chi connectivity index (χ0) is 13.5. The molecule has 0 aromatic heterocycles. The molecule has 18 heavy (non-hydrogen) atoms. The summed E-state index contributed by atoms with van der Waals surface area (Å²) in [6.45, 7) is 1.97. The van der Waals surface area contributed by atoms with Gasteiger partial charge in [0.1, 0.15) is 11.5 Å². The van der Waals surface area contributed by atoms with E-state index in [4.69, 9.17) is 10.2 Å². The highest BCUT2D eigenvalue weighted by Crippen LogP contribution is 2.30. The zero-order valence-electron chi connectivity index (χ0n) is 9.88. The smallest absolute Gasteiger partial charge is 0.449 e. The molecule has 0 aliphatic carbocycles. The van der Waals surface area contributed by atoms with Crippen LogP contribution in [0.2, 0.25) is 0 Å². The van der Waals surface area contributed by atoms with Crippen molar-refractivity contribution in [3.8, 4) is 11.5 Å². The molecule has 98 valence electrons. The van der Waals surface area contributed by atoms with Crippen molar-refractivity contribution in [2.24, 2.45) is 0 Å². The van der Waals surface area contributed by atoms with Gasteiger partial charge < -0.3 is 19.7 Å². The molecule has 0 aliphatic heterocycles. The molecule has 1 rings (SSSR count). The summed E-state index contributed by atoms with van der Waals surface area (Å²) in [6, 6.07) is 4.41. The molecule has 0 unspecified atom stereocenters. The van der Waals surface area contributed by atoms with Gasteiger partial charge in [0.25, 0.3) is 0 Å². The predicted octanol–water partition coefficient (Wildman–Crippen LogP) is 3.14. The average molecular weight is 254 g/mol. The molecule has 0 spiro atoms. The lowest BCUT2D eigenvalue weighted by molar-refractivity contribution is 0.142. The van der Waals surface area contributed by atoms with E-state index in [9.17, 15) is 9.59 Å². The summed E-state index contributed by atoms with van der Waals surface area (Å²) in [7, 11) is 0. The van der Waals surface area contributed by atoms with Crippen LogP contribution in [-0.2, 0) is 6.42 Å². The van der Waals surface area contributed by atoms with Crippen molar-refractivity contribution >= 4 is 12.3 Å². The van der Waals surface area contributed by atoms with Gasteiger partial charge in [0, 0.05) is 5.56 Å². The second-order valence-corrected chi connectivity index (χ2v) is 3.57. The molecule has 0 amide bonds. The van der Waals surface area contributed by atoms with Gasteiger partial charge in [0.05, 0.1) is 0 Å². The SMILES string of the molecule is CCCCc1c(OC(=O)O)cccc1OC(=O)O. The van der Waals surface area contributed by atoms with Crippen molar-refractivity contribution in [3.63, 3.8) is 0 Å². The van der Waals surface area contributed by atoms with Gasteiger partial charge in [-0.05, 0) is 25.0 Å². The maximum atomic E-state index is 10.5. The maximum Gasteiger partial charge on any atom is 0.511 e. The highest BCUT2D eigenvalue weighted by Gasteiger charge is 2.15. The van der Waals surface area contributed by atoms with Crippen molar-refractivity contribution in [3.05, 3.63) is 23.8 Å². The summed E-state index contributed by atoms with van der Waals surface area (Å²) in [5, 5.41) is 17.2. The molecule has 2 N–H and O–H groups in total. The zero-order valence-corrected chi connectivity index (χ0v) is 9.88. The second-order valence-electron chi connectivity index (χ2n) is 3.57. The van der Waals surface area contributed by atoms with Crippen molar-refractivity contribution in [1.82, 2.24) is 0 Å². The van der Waals surface area contributed by atoms with Crippen LogP contribution in [0, 0.1) is 0 Å². The molecular formula is C12H14O6. The van der Waals surface area contributed by atoms with Crippen molar-refractivity contribution < 1.29 is 29.3 Å². The quantitative estimate of drug-likeness (QED) is 0.619. The first-order valence-corrected chi connectivity index (χ1v) is 5.48. The van der Waals surface area contributed by atoms with E-state index in [2.05, 4.69) is 9.47 Å². The molecule has 1 aromatic rings. The number of hydrogen-bond acceptors (Lipinski definition) is 4. The lowest BCUT2D eigenvalue weighted by Crippen LogP contribution is -2.09. The van der Waals surface area contributed by atoms with E-state index >= 15 is 0 Å². The Bertz CT molecular complexity index is 406. The summed E-state index contributed by atoms with van der Waals surface area (Å²) in [5.74, 6) is 0.212. The fourth-order valence-electron chi connectivity index (χ4n) is 1.52. The molecule has 0 bridgehead atoms. The third-order valence-electron chi connectivity index (χ3n) is 2.26. The Morgan fingerprint density at radius 3 is 2.00 bits per heavy atom. The van der Waals surface area contributed by atoms with E-state index in [0.717, 1.165) is 12.8 Å². The van der Waals surface area contributed by atoms with Crippen molar-refractivity contribution in [2.45, 2.75) is 26.2 Å². The van der Waals surface area contributed by atoms with E-state index < -0.39 is 12.3 Å². The summed E-state index contributed by atoms with van der Waals surface area (Å²) in [6.07, 6.45) is -0.743. The molecule has 1 aromatic carbocycles. The minimum Gasteiger partial charge on any atom is -0.449 e. The van der Waals surface area contributed by atoms with Crippen LogP contribution in [0.4, 0.5) is 9.59 Å². The second kappa shape index (κ2) is 6.48. The number of carboxylic acid groups (broad SMARTS) is 2. The van der Waals surface area contributed by atoms with Crippen LogP contribution in [0.25, 0.3) is 0 Å². The maximum absolute atomic E-state index is 10.5. The monoisotopic (exact) mass is 254 g/mol. The summed E-state index contributed by atoms with van der Waals surface area (Å²) in [4.78, 5) is 21.1. The third kappa shape index (κ3) is 3.97. The topological polar surface area (TPSA) is 93.1 Å². The Morgan fingerprint density at radius 2 is 1.61 bits per heavy atom. The number of carbonyl (C=O) groups is 2. The number of ether oxygens (including phenoxy) is 2. The van der Waals surface area contributed by atoms with E-state index in [1.165, 1.54) is 18.2 Å². The average Bonchev–Trinajstić information content (AvgIpc) is 2.26. The van der Waals surface area contributed by atoms with Crippen LogP contribution in [0.1, 0.15) is 25.3 Å². The highest BCUT2D eigenvalue weighted by atomic mass is 16.7. The van der Waals surface area contributed by atoms with Crippen LogP contribution in [0.15, 0.2) is 18.2 Å². The van der Waals surface area contributed by atoms with Crippen LogP contribution in [0.5, 0.6) is 11.5 Å². The number of benzene rings is 1. The minimum atomic E-state index is -1.44. The number of unbranched alkanes of at least 4 members (excludes halogenated alkanes) is 1. The molecule has 6 nitrogen and oxygen atoms in total. The lowest BCUT2D eigenvalue weighted by Gasteiger charge is -2.11. The predicted molar refractivity (Wildman–Crippen MR) is 62.4 cm³/mol. The minimum absolute atomic E-state index is 0.106. The normalized spacial score (nSPS) is 9.83. The molecule has 0 atom stereocenters. The highest BCUT2D eigenvalue weighted by molar-refractivity contribution is 5.66. The molecule has 0 aliphatic rings. The van der Waals surface area contributed by atoms with Gasteiger partial charge in [-0.15, -0.1) is 0 Å². The Kier molecular flexibility index (Phi) is 4.98. The summed E-state index contributed by atoms with van der Waals surface area (Å²) >= 11 is 0. The Balaban J connectivity index is 3.07. The molecule has 0 fully saturated rings. The fourth-order valence-corrected chi connectivity index (χ4v) is 1.52. The molecule has 0 saturated heterocycles. The molecule has 0 heterocycles. The van der Waals surface area contributed by atoms with Gasteiger partial charge in [-0.3, -0.25) is 0 Å². The van der Waals surface area contributed by atoms with E-state index in [1.807, 2.05) is 6.92 Å². The van der Waals surface area contributed by atoms with Gasteiger partial charge >= 0.3 is 12.3 Å². The van der Waals surface area contributed by atoms with E-state index in [-0.39, 0.29) is 11.5 Å². The molecule has 0 radical (unpaired) electrons. The Morgan fingerprint density at radius 1 is 1.11 bits per heavy atom. The summed E-state index contributed by atoms with van der Waals surface area (Å²) < 4.78 is 9.22. The summed E-state index contributed by atoms with van der Waals surface area (Å²) in [5.41, 5.74) is 0.448. The van der Waals surface area contributed by atoms with Crippen LogP contribution >= 0.6 is 0 Å². The van der Waals surface area contributed by atoms with Gasteiger partial charge in [-0.1, -0.05) is 19.4 Å². The molecular weight excluding hydrogens is 240 g/mol. The van der Waals surface area contributed by atoms with Crippen LogP contribution < -0.4 is 9.47 Å².